The molecule has 2 heterocycles. The van der Waals surface area contributed by atoms with Crippen molar-refractivity contribution in [1.82, 2.24) is 20.0 Å². The molecule has 94 valence electrons. The molecule has 1 aliphatic heterocycles. The summed E-state index contributed by atoms with van der Waals surface area (Å²) in [5, 5.41) is 7.40. The summed E-state index contributed by atoms with van der Waals surface area (Å²) in [5.41, 5.74) is 0.655. The van der Waals surface area contributed by atoms with Crippen LogP contribution < -0.4 is 5.32 Å². The van der Waals surface area contributed by atoms with E-state index in [4.69, 9.17) is 0 Å². The molecule has 5 nitrogen and oxygen atoms in total. The number of halogens is 1. The van der Waals surface area contributed by atoms with E-state index in [1.807, 2.05) is 0 Å². The van der Waals surface area contributed by atoms with Crippen LogP contribution in [-0.4, -0.2) is 53.2 Å². The SMILES string of the molecule is Cn1ncc(Br)c1C(=O)CN1CCCNCC1. The van der Waals surface area contributed by atoms with Crippen molar-refractivity contribution in [3.63, 3.8) is 0 Å². The maximum Gasteiger partial charge on any atom is 0.195 e. The highest BCUT2D eigenvalue weighted by Crippen LogP contribution is 2.16. The molecule has 1 aromatic heterocycles. The minimum atomic E-state index is 0.124. The van der Waals surface area contributed by atoms with Gasteiger partial charge in [0, 0.05) is 20.1 Å². The van der Waals surface area contributed by atoms with Crippen molar-refractivity contribution in [1.29, 1.82) is 0 Å². The van der Waals surface area contributed by atoms with Crippen molar-refractivity contribution >= 4 is 21.7 Å². The normalized spacial score (nSPS) is 18.0. The van der Waals surface area contributed by atoms with Gasteiger partial charge in [-0.2, -0.15) is 5.10 Å². The lowest BCUT2D eigenvalue weighted by Crippen LogP contribution is -2.33. The number of carbonyl (C=O) groups is 1. The minimum Gasteiger partial charge on any atom is -0.315 e. The minimum absolute atomic E-state index is 0.124. The van der Waals surface area contributed by atoms with Crippen molar-refractivity contribution in [2.45, 2.75) is 6.42 Å². The Morgan fingerprint density at radius 3 is 3.06 bits per heavy atom. The van der Waals surface area contributed by atoms with Crippen molar-refractivity contribution in [2.24, 2.45) is 7.05 Å². The van der Waals surface area contributed by atoms with Crippen LogP contribution in [-0.2, 0) is 7.05 Å². The van der Waals surface area contributed by atoms with Crippen LogP contribution in [0.15, 0.2) is 10.7 Å². The third kappa shape index (κ3) is 3.14. The van der Waals surface area contributed by atoms with Gasteiger partial charge in [-0.25, -0.2) is 0 Å². The zero-order valence-corrected chi connectivity index (χ0v) is 11.5. The number of ketones is 1. The number of Topliss-reactive ketones (excluding diaryl/α,β-unsaturated/α-hetero) is 1. The molecule has 0 amide bonds. The lowest BCUT2D eigenvalue weighted by atomic mass is 10.2. The van der Waals surface area contributed by atoms with Crippen LogP contribution in [0.25, 0.3) is 0 Å². The second-order valence-corrected chi connectivity index (χ2v) is 5.12. The van der Waals surface area contributed by atoms with Gasteiger partial charge >= 0.3 is 0 Å². The quantitative estimate of drug-likeness (QED) is 0.833. The average molecular weight is 301 g/mol. The molecule has 0 saturated carbocycles. The first-order chi connectivity index (χ1) is 8.18. The molecule has 0 bridgehead atoms. The Bertz CT molecular complexity index is 377. The summed E-state index contributed by atoms with van der Waals surface area (Å²) in [4.78, 5) is 14.4. The van der Waals surface area contributed by atoms with E-state index in [9.17, 15) is 4.79 Å². The molecule has 0 atom stereocenters. The Kier molecular flexibility index (Phi) is 4.31. The van der Waals surface area contributed by atoms with Crippen molar-refractivity contribution in [2.75, 3.05) is 32.7 Å². The predicted octanol–water partition coefficient (Wildman–Crippen LogP) is 0.661. The van der Waals surface area contributed by atoms with Crippen LogP contribution in [0.1, 0.15) is 16.9 Å². The molecule has 1 aliphatic rings. The number of aromatic nitrogens is 2. The largest absolute Gasteiger partial charge is 0.315 e. The Hall–Kier alpha value is -0.720. The molecular formula is C11H17BrN4O. The van der Waals surface area contributed by atoms with E-state index in [1.54, 1.807) is 17.9 Å². The van der Waals surface area contributed by atoms with Gasteiger partial charge in [0.25, 0.3) is 0 Å². The Morgan fingerprint density at radius 2 is 2.35 bits per heavy atom. The maximum absolute atomic E-state index is 12.2. The fourth-order valence-electron chi connectivity index (χ4n) is 2.06. The zero-order valence-electron chi connectivity index (χ0n) is 9.95. The summed E-state index contributed by atoms with van der Waals surface area (Å²) < 4.78 is 2.40. The number of aryl methyl sites for hydroxylation is 1. The second-order valence-electron chi connectivity index (χ2n) is 4.27. The molecule has 0 aromatic carbocycles. The Labute approximate surface area is 109 Å². The molecule has 1 fully saturated rings. The van der Waals surface area contributed by atoms with Gasteiger partial charge in [-0.3, -0.25) is 14.4 Å². The van der Waals surface area contributed by atoms with Crippen molar-refractivity contribution in [3.05, 3.63) is 16.4 Å². The first-order valence-electron chi connectivity index (χ1n) is 5.82. The molecule has 0 spiro atoms. The number of hydrogen-bond donors (Lipinski definition) is 1. The van der Waals surface area contributed by atoms with Crippen molar-refractivity contribution < 1.29 is 4.79 Å². The van der Waals surface area contributed by atoms with Gasteiger partial charge in [-0.05, 0) is 35.4 Å². The molecule has 1 N–H and O–H groups in total. The lowest BCUT2D eigenvalue weighted by molar-refractivity contribution is 0.0925. The molecule has 0 radical (unpaired) electrons. The predicted molar refractivity (Wildman–Crippen MR) is 69.2 cm³/mol. The average Bonchev–Trinajstić information content (AvgIpc) is 2.53. The lowest BCUT2D eigenvalue weighted by Gasteiger charge is -2.18. The highest BCUT2D eigenvalue weighted by atomic mass is 79.9. The first kappa shape index (κ1) is 12.7. The fraction of sp³-hybridized carbons (Fsp3) is 0.636. The fourth-order valence-corrected chi connectivity index (χ4v) is 2.63. The van der Waals surface area contributed by atoms with E-state index < -0.39 is 0 Å². The van der Waals surface area contributed by atoms with Gasteiger partial charge in [-0.15, -0.1) is 0 Å². The summed E-state index contributed by atoms with van der Waals surface area (Å²) >= 11 is 3.36. The number of carbonyl (C=O) groups excluding carboxylic acids is 1. The molecule has 0 aliphatic carbocycles. The van der Waals surface area contributed by atoms with Crippen LogP contribution in [0.3, 0.4) is 0 Å². The Morgan fingerprint density at radius 1 is 1.53 bits per heavy atom. The first-order valence-corrected chi connectivity index (χ1v) is 6.61. The summed E-state index contributed by atoms with van der Waals surface area (Å²) in [7, 11) is 1.79. The van der Waals surface area contributed by atoms with Crippen LogP contribution >= 0.6 is 15.9 Å². The number of rotatable bonds is 3. The highest BCUT2D eigenvalue weighted by molar-refractivity contribution is 9.10. The summed E-state index contributed by atoms with van der Waals surface area (Å²) in [6.07, 6.45) is 2.76. The molecular weight excluding hydrogens is 284 g/mol. The van der Waals surface area contributed by atoms with E-state index in [1.165, 1.54) is 0 Å². The number of hydrogen-bond acceptors (Lipinski definition) is 4. The maximum atomic E-state index is 12.2. The van der Waals surface area contributed by atoms with Gasteiger partial charge in [0.2, 0.25) is 0 Å². The molecule has 6 heteroatoms. The third-order valence-electron chi connectivity index (χ3n) is 2.96. The van der Waals surface area contributed by atoms with Gasteiger partial charge in [0.05, 0.1) is 17.2 Å². The van der Waals surface area contributed by atoms with E-state index in [0.717, 1.165) is 37.1 Å². The second kappa shape index (κ2) is 5.75. The smallest absolute Gasteiger partial charge is 0.195 e. The van der Waals surface area contributed by atoms with Crippen LogP contribution in [0.5, 0.6) is 0 Å². The van der Waals surface area contributed by atoms with Gasteiger partial charge in [-0.1, -0.05) is 0 Å². The van der Waals surface area contributed by atoms with Gasteiger partial charge in [0.15, 0.2) is 5.78 Å². The monoisotopic (exact) mass is 300 g/mol. The van der Waals surface area contributed by atoms with Crippen molar-refractivity contribution in [3.8, 4) is 0 Å². The van der Waals surface area contributed by atoms with Crippen LogP contribution in [0.2, 0.25) is 0 Å². The molecule has 17 heavy (non-hydrogen) atoms. The number of nitrogens with one attached hydrogen (secondary N) is 1. The topological polar surface area (TPSA) is 50.2 Å². The standard InChI is InChI=1S/C11H17BrN4O/c1-15-11(9(12)7-14-15)10(17)8-16-5-2-3-13-4-6-16/h7,13H,2-6,8H2,1H3. The third-order valence-corrected chi connectivity index (χ3v) is 3.54. The molecule has 0 unspecified atom stereocenters. The van der Waals surface area contributed by atoms with E-state index in [2.05, 4.69) is 31.2 Å². The van der Waals surface area contributed by atoms with E-state index >= 15 is 0 Å². The molecule has 1 saturated heterocycles. The molecule has 1 aromatic rings. The van der Waals surface area contributed by atoms with E-state index in [-0.39, 0.29) is 5.78 Å². The zero-order chi connectivity index (χ0) is 12.3. The summed E-state index contributed by atoms with van der Waals surface area (Å²) in [5.74, 6) is 0.124. The Balaban J connectivity index is 2.01. The van der Waals surface area contributed by atoms with Gasteiger partial charge in [0.1, 0.15) is 5.69 Å². The summed E-state index contributed by atoms with van der Waals surface area (Å²) in [6.45, 7) is 4.38. The van der Waals surface area contributed by atoms with Gasteiger partial charge < -0.3 is 5.32 Å². The summed E-state index contributed by atoms with van der Waals surface area (Å²) in [6, 6.07) is 0. The highest BCUT2D eigenvalue weighted by Gasteiger charge is 2.19. The number of nitrogens with zero attached hydrogens (tertiary/aromatic N) is 3. The van der Waals surface area contributed by atoms with Crippen LogP contribution in [0, 0.1) is 0 Å². The molecule has 2 rings (SSSR count). The van der Waals surface area contributed by atoms with E-state index in [0.29, 0.717) is 12.2 Å². The van der Waals surface area contributed by atoms with Crippen LogP contribution in [0.4, 0.5) is 0 Å².